The van der Waals surface area contributed by atoms with Crippen LogP contribution in [-0.2, 0) is 44.6 Å². The molecule has 4 atom stereocenters. The Labute approximate surface area is 300 Å². The SMILES string of the molecule is CC(C)O.CCCCC(CC)CO.CCCCC(CC)CO.CCCCC(CC)CO.CCCCC(CC)CO.[O]=[Ti][OH].[Ti]. The van der Waals surface area contributed by atoms with E-state index in [-0.39, 0.29) is 27.8 Å². The number of aliphatic hydroxyl groups is 5. The molecule has 4 unspecified atom stereocenters. The maximum Gasteiger partial charge on any atom is 0 e. The second-order valence-electron chi connectivity index (χ2n) is 11.6. The second-order valence-corrected chi connectivity index (χ2v) is 11.9. The zero-order valence-electron chi connectivity index (χ0n) is 31.1. The van der Waals surface area contributed by atoms with Gasteiger partial charge in [-0.3, -0.25) is 0 Å². The monoisotopic (exact) mass is 709 g/mol. The average Bonchev–Trinajstić information content (AvgIpc) is 3.00. The van der Waals surface area contributed by atoms with Crippen LogP contribution in [0.1, 0.15) is 172 Å². The Bertz CT molecular complexity index is 351. The maximum atomic E-state index is 8.75. The molecule has 0 saturated carbocycles. The summed E-state index contributed by atoms with van der Waals surface area (Å²) in [6.07, 6.45) is 19.1. The molecule has 0 saturated heterocycles. The first-order valence-electron chi connectivity index (χ1n) is 17.7. The van der Waals surface area contributed by atoms with Crippen LogP contribution in [0.5, 0.6) is 0 Å². The zero-order chi connectivity index (χ0) is 34.7. The van der Waals surface area contributed by atoms with Crippen LogP contribution in [-0.4, -0.2) is 61.8 Å². The summed E-state index contributed by atoms with van der Waals surface area (Å²) in [4.78, 5) is 0. The molecule has 271 valence electrons. The second kappa shape index (κ2) is 59.4. The Morgan fingerprint density at radius 2 is 0.614 bits per heavy atom. The molecule has 0 aromatic heterocycles. The van der Waals surface area contributed by atoms with Gasteiger partial charge < -0.3 is 25.5 Å². The quantitative estimate of drug-likeness (QED) is 0.0698. The molecule has 0 aliphatic rings. The van der Waals surface area contributed by atoms with Crippen molar-refractivity contribution in [3.63, 3.8) is 0 Å². The van der Waals surface area contributed by atoms with Crippen molar-refractivity contribution in [3.8, 4) is 0 Å². The van der Waals surface area contributed by atoms with Gasteiger partial charge in [-0.05, 0) is 63.2 Å². The van der Waals surface area contributed by atoms with Crippen LogP contribution >= 0.6 is 0 Å². The minimum Gasteiger partial charge on any atom is 0 e. The largest absolute Gasteiger partial charge is 0 e. The summed E-state index contributed by atoms with van der Waals surface area (Å²) in [5, 5.41) is 43.1. The molecular formula is C35H81O7Ti2. The van der Waals surface area contributed by atoms with E-state index in [9.17, 15) is 0 Å². The van der Waals surface area contributed by atoms with Crippen LogP contribution in [0, 0.1) is 23.7 Å². The van der Waals surface area contributed by atoms with Crippen molar-refractivity contribution < 1.29 is 73.8 Å². The Hall–Kier alpha value is 0.989. The van der Waals surface area contributed by atoms with Gasteiger partial charge in [0.15, 0.2) is 0 Å². The molecule has 0 heterocycles. The fraction of sp³-hybridized carbons (Fsp3) is 1.00. The molecule has 0 spiro atoms. The average molecular weight is 710 g/mol. The topological polar surface area (TPSA) is 138 Å². The molecule has 0 radical (unpaired) electrons. The summed E-state index contributed by atoms with van der Waals surface area (Å²) in [7, 11) is 0. The van der Waals surface area contributed by atoms with Crippen LogP contribution in [0.2, 0.25) is 0 Å². The van der Waals surface area contributed by atoms with Crippen molar-refractivity contribution in [2.45, 2.75) is 178 Å². The van der Waals surface area contributed by atoms with Gasteiger partial charge >= 0.3 is 26.5 Å². The first kappa shape index (κ1) is 60.3. The van der Waals surface area contributed by atoms with Crippen molar-refractivity contribution in [1.29, 1.82) is 0 Å². The number of aliphatic hydroxyl groups excluding tert-OH is 5. The van der Waals surface area contributed by atoms with E-state index < -0.39 is 19.5 Å². The van der Waals surface area contributed by atoms with Gasteiger partial charge in [0, 0.05) is 54.2 Å². The van der Waals surface area contributed by atoms with Gasteiger partial charge in [0.25, 0.3) is 0 Å². The number of unbranched alkanes of at least 4 members (excludes halogenated alkanes) is 4. The summed E-state index contributed by atoms with van der Waals surface area (Å²) >= 11 is -1.75. The van der Waals surface area contributed by atoms with E-state index in [1.165, 1.54) is 77.0 Å². The van der Waals surface area contributed by atoms with Gasteiger partial charge in [-0.25, -0.2) is 0 Å². The van der Waals surface area contributed by atoms with Crippen molar-refractivity contribution in [3.05, 3.63) is 0 Å². The third-order valence-corrected chi connectivity index (χ3v) is 7.21. The summed E-state index contributed by atoms with van der Waals surface area (Å²) in [6, 6.07) is 0. The van der Waals surface area contributed by atoms with Gasteiger partial charge in [-0.2, -0.15) is 0 Å². The van der Waals surface area contributed by atoms with E-state index >= 15 is 0 Å². The molecule has 0 aliphatic heterocycles. The fourth-order valence-electron chi connectivity index (χ4n) is 3.67. The van der Waals surface area contributed by atoms with Crippen molar-refractivity contribution in [1.82, 2.24) is 0 Å². The summed E-state index contributed by atoms with van der Waals surface area (Å²) < 4.78 is 15.8. The number of hydrogen-bond donors (Lipinski definition) is 6. The first-order chi connectivity index (χ1) is 20.5. The molecular weight excluding hydrogens is 628 g/mol. The van der Waals surface area contributed by atoms with Crippen LogP contribution in [0.4, 0.5) is 0 Å². The normalized spacial score (nSPS) is 12.2. The third kappa shape index (κ3) is 69.6. The number of rotatable bonds is 20. The Balaban J connectivity index is -0.0000000768. The fourth-order valence-corrected chi connectivity index (χ4v) is 3.67. The molecule has 0 aliphatic carbocycles. The predicted molar refractivity (Wildman–Crippen MR) is 182 cm³/mol. The standard InChI is InChI=1S/4C8H18O.C3H8O.H2O.O.2Ti/c4*1-3-5-6-8(4-2)7-9;1-3(2)4;;;;/h4*8-9H,3-7H2,1-2H3;3-4H,1-2H3;1H2;;;/q;;;;;;;;+1/p-1. The first-order valence-corrected chi connectivity index (χ1v) is 19.0. The van der Waals surface area contributed by atoms with Crippen LogP contribution in [0.3, 0.4) is 0 Å². The third-order valence-electron chi connectivity index (χ3n) is 7.21. The molecule has 0 rings (SSSR count). The maximum absolute atomic E-state index is 8.75. The number of hydrogen-bond acceptors (Lipinski definition) is 6. The molecule has 0 aromatic rings. The van der Waals surface area contributed by atoms with Crippen LogP contribution in [0.15, 0.2) is 0 Å². The Kier molecular flexibility index (Phi) is 81.5. The van der Waals surface area contributed by atoms with Gasteiger partial charge in [0.05, 0.1) is 0 Å². The van der Waals surface area contributed by atoms with Crippen molar-refractivity contribution >= 4 is 0 Å². The minimum atomic E-state index is -1.75. The molecule has 44 heavy (non-hydrogen) atoms. The summed E-state index contributed by atoms with van der Waals surface area (Å²) in [5.74, 6) is 2.24. The predicted octanol–water partition coefficient (Wildman–Crippen LogP) is 8.49. The summed E-state index contributed by atoms with van der Waals surface area (Å²) in [6.45, 7) is 22.2. The summed E-state index contributed by atoms with van der Waals surface area (Å²) in [5.41, 5.74) is 0. The molecule has 0 fully saturated rings. The van der Waals surface area contributed by atoms with Gasteiger partial charge in [-0.1, -0.05) is 132 Å². The molecule has 6 N–H and O–H groups in total. The van der Waals surface area contributed by atoms with Gasteiger partial charge in [-0.15, -0.1) is 0 Å². The van der Waals surface area contributed by atoms with Crippen LogP contribution in [0.25, 0.3) is 0 Å². The van der Waals surface area contributed by atoms with E-state index in [0.29, 0.717) is 50.1 Å². The van der Waals surface area contributed by atoms with E-state index in [0.717, 1.165) is 25.7 Å². The molecule has 0 amide bonds. The van der Waals surface area contributed by atoms with Crippen molar-refractivity contribution in [2.75, 3.05) is 26.4 Å². The van der Waals surface area contributed by atoms with Gasteiger partial charge in [0.1, 0.15) is 0 Å². The van der Waals surface area contributed by atoms with Crippen LogP contribution < -0.4 is 0 Å². The van der Waals surface area contributed by atoms with E-state index in [2.05, 4.69) is 55.4 Å². The molecule has 0 aromatic carbocycles. The smallest absolute Gasteiger partial charge is 0 e. The zero-order valence-corrected chi connectivity index (χ0v) is 34.2. The molecule has 9 heteroatoms. The van der Waals surface area contributed by atoms with E-state index in [1.807, 2.05) is 0 Å². The van der Waals surface area contributed by atoms with E-state index in [4.69, 9.17) is 32.5 Å². The minimum absolute atomic E-state index is 0. The molecule has 7 nitrogen and oxygen atoms in total. The Morgan fingerprint density at radius 1 is 0.477 bits per heavy atom. The van der Waals surface area contributed by atoms with Crippen molar-refractivity contribution in [2.24, 2.45) is 23.7 Å². The van der Waals surface area contributed by atoms with Gasteiger partial charge in [0.2, 0.25) is 0 Å². The van der Waals surface area contributed by atoms with E-state index in [1.54, 1.807) is 13.8 Å². The molecule has 0 bridgehead atoms. The Morgan fingerprint density at radius 3 is 0.682 bits per heavy atom.